The zero-order valence-corrected chi connectivity index (χ0v) is 8.53. The molecular formula is C9H16N2OS. The van der Waals surface area contributed by atoms with E-state index >= 15 is 0 Å². The minimum Gasteiger partial charge on any atom is -0.393 e. The van der Waals surface area contributed by atoms with Gasteiger partial charge in [-0.25, -0.2) is 0 Å². The fourth-order valence-corrected chi connectivity index (χ4v) is 1.82. The summed E-state index contributed by atoms with van der Waals surface area (Å²) in [6.07, 6.45) is 5.27. The third-order valence-corrected chi connectivity index (χ3v) is 2.54. The number of carbonyl (C=O) groups excluding carboxylic acids is 1. The van der Waals surface area contributed by atoms with Crippen molar-refractivity contribution >= 4 is 23.1 Å². The van der Waals surface area contributed by atoms with Gasteiger partial charge in [0, 0.05) is 6.54 Å². The van der Waals surface area contributed by atoms with Crippen LogP contribution in [0.2, 0.25) is 0 Å². The summed E-state index contributed by atoms with van der Waals surface area (Å²) >= 11 is 4.64. The van der Waals surface area contributed by atoms with Crippen LogP contribution in [0.4, 0.5) is 0 Å². The number of nitrogens with one attached hydrogen (secondary N) is 1. The minimum absolute atomic E-state index is 0.0422. The van der Waals surface area contributed by atoms with Gasteiger partial charge in [-0.1, -0.05) is 25.1 Å². The number of hydrogen-bond acceptors (Lipinski definition) is 2. The minimum atomic E-state index is -0.0422. The Morgan fingerprint density at radius 1 is 1.46 bits per heavy atom. The highest BCUT2D eigenvalue weighted by molar-refractivity contribution is 7.80. The van der Waals surface area contributed by atoms with Gasteiger partial charge in [0.15, 0.2) is 0 Å². The maximum atomic E-state index is 11.1. The Kier molecular flexibility index (Phi) is 4.15. The Morgan fingerprint density at radius 2 is 2.08 bits per heavy atom. The van der Waals surface area contributed by atoms with Gasteiger partial charge in [0.25, 0.3) is 0 Å². The number of carbonyl (C=O) groups is 1. The highest BCUT2D eigenvalue weighted by atomic mass is 32.1. The first-order chi connectivity index (χ1) is 6.18. The molecule has 0 aromatic carbocycles. The van der Waals surface area contributed by atoms with E-state index in [4.69, 9.17) is 5.73 Å². The van der Waals surface area contributed by atoms with Gasteiger partial charge in [-0.05, 0) is 18.8 Å². The molecular weight excluding hydrogens is 184 g/mol. The summed E-state index contributed by atoms with van der Waals surface area (Å²) in [5, 5.41) is 2.85. The van der Waals surface area contributed by atoms with Crippen molar-refractivity contribution in [1.82, 2.24) is 5.32 Å². The monoisotopic (exact) mass is 200 g/mol. The lowest BCUT2D eigenvalue weighted by Gasteiger charge is -2.09. The van der Waals surface area contributed by atoms with Crippen LogP contribution in [0.15, 0.2) is 0 Å². The van der Waals surface area contributed by atoms with Crippen molar-refractivity contribution in [2.24, 2.45) is 11.7 Å². The molecule has 1 rings (SSSR count). The maximum absolute atomic E-state index is 11.1. The summed E-state index contributed by atoms with van der Waals surface area (Å²) in [4.78, 5) is 11.4. The first kappa shape index (κ1) is 10.4. The van der Waals surface area contributed by atoms with Crippen molar-refractivity contribution in [3.05, 3.63) is 0 Å². The number of amides is 1. The van der Waals surface area contributed by atoms with Crippen LogP contribution in [-0.2, 0) is 4.79 Å². The average Bonchev–Trinajstić information content (AvgIpc) is 2.51. The fraction of sp³-hybridized carbons (Fsp3) is 0.778. The van der Waals surface area contributed by atoms with E-state index in [0.29, 0.717) is 5.92 Å². The van der Waals surface area contributed by atoms with E-state index in [9.17, 15) is 4.79 Å². The molecule has 13 heavy (non-hydrogen) atoms. The van der Waals surface area contributed by atoms with Crippen molar-refractivity contribution in [1.29, 1.82) is 0 Å². The van der Waals surface area contributed by atoms with Crippen LogP contribution in [0.1, 0.15) is 32.1 Å². The summed E-state index contributed by atoms with van der Waals surface area (Å²) < 4.78 is 0. The second-order valence-corrected chi connectivity index (χ2v) is 4.12. The summed E-state index contributed by atoms with van der Waals surface area (Å²) in [5.41, 5.74) is 5.25. The Balaban J connectivity index is 2.10. The second-order valence-electron chi connectivity index (χ2n) is 3.60. The van der Waals surface area contributed by atoms with Crippen LogP contribution in [-0.4, -0.2) is 17.4 Å². The predicted molar refractivity (Wildman–Crippen MR) is 56.4 cm³/mol. The van der Waals surface area contributed by atoms with E-state index in [0.717, 1.165) is 6.54 Å². The van der Waals surface area contributed by atoms with Gasteiger partial charge in [0.05, 0.1) is 11.4 Å². The third kappa shape index (κ3) is 4.22. The molecule has 0 aromatic rings. The van der Waals surface area contributed by atoms with E-state index < -0.39 is 0 Å². The fourth-order valence-electron chi connectivity index (χ4n) is 1.69. The van der Waals surface area contributed by atoms with Gasteiger partial charge >= 0.3 is 0 Å². The summed E-state index contributed by atoms with van der Waals surface area (Å²) in [5.74, 6) is 0.634. The van der Waals surface area contributed by atoms with Crippen molar-refractivity contribution in [2.75, 3.05) is 6.54 Å². The Morgan fingerprint density at radius 3 is 2.62 bits per heavy atom. The van der Waals surface area contributed by atoms with Gasteiger partial charge in [-0.15, -0.1) is 0 Å². The molecule has 1 aliphatic carbocycles. The van der Waals surface area contributed by atoms with Crippen LogP contribution in [0.5, 0.6) is 0 Å². The molecule has 1 aliphatic rings. The highest BCUT2D eigenvalue weighted by Crippen LogP contribution is 2.23. The second kappa shape index (κ2) is 5.17. The molecule has 0 heterocycles. The molecule has 0 aromatic heterocycles. The zero-order chi connectivity index (χ0) is 9.68. The van der Waals surface area contributed by atoms with Crippen LogP contribution >= 0.6 is 12.2 Å². The Bertz CT molecular complexity index is 200. The van der Waals surface area contributed by atoms with Crippen molar-refractivity contribution in [3.63, 3.8) is 0 Å². The molecule has 0 atom stereocenters. The summed E-state index contributed by atoms with van der Waals surface area (Å²) in [7, 11) is 0. The molecule has 0 unspecified atom stereocenters. The number of thiocarbonyl (C=S) groups is 1. The van der Waals surface area contributed by atoms with Crippen LogP contribution in [0.3, 0.4) is 0 Å². The predicted octanol–water partition coefficient (Wildman–Crippen LogP) is 0.969. The van der Waals surface area contributed by atoms with Gasteiger partial charge < -0.3 is 11.1 Å². The van der Waals surface area contributed by atoms with Crippen molar-refractivity contribution in [2.45, 2.75) is 32.1 Å². The molecule has 3 nitrogen and oxygen atoms in total. The Hall–Kier alpha value is -0.640. The molecule has 1 amide bonds. The molecule has 0 aliphatic heterocycles. The number of nitrogens with two attached hydrogens (primary N) is 1. The van der Waals surface area contributed by atoms with Crippen LogP contribution in [0, 0.1) is 5.92 Å². The van der Waals surface area contributed by atoms with E-state index in [1.165, 1.54) is 25.7 Å². The van der Waals surface area contributed by atoms with E-state index in [1.54, 1.807) is 0 Å². The van der Waals surface area contributed by atoms with E-state index in [1.807, 2.05) is 0 Å². The molecule has 1 saturated carbocycles. The van der Waals surface area contributed by atoms with Crippen molar-refractivity contribution in [3.8, 4) is 0 Å². The summed E-state index contributed by atoms with van der Waals surface area (Å²) in [6.45, 7) is 0.793. The van der Waals surface area contributed by atoms with Crippen LogP contribution in [0.25, 0.3) is 0 Å². The Labute approximate surface area is 84.1 Å². The smallest absolute Gasteiger partial charge is 0.226 e. The SMILES string of the molecule is NC(=S)CC(=O)NCC1CCCC1. The molecule has 0 spiro atoms. The molecule has 0 saturated heterocycles. The molecule has 3 N–H and O–H groups in total. The van der Waals surface area contributed by atoms with Crippen LogP contribution < -0.4 is 11.1 Å². The molecule has 1 fully saturated rings. The lowest BCUT2D eigenvalue weighted by molar-refractivity contribution is -0.120. The third-order valence-electron chi connectivity index (χ3n) is 2.40. The maximum Gasteiger partial charge on any atom is 0.226 e. The lowest BCUT2D eigenvalue weighted by atomic mass is 10.1. The van der Waals surface area contributed by atoms with Gasteiger partial charge in [-0.3, -0.25) is 4.79 Å². The zero-order valence-electron chi connectivity index (χ0n) is 7.71. The first-order valence-corrected chi connectivity index (χ1v) is 5.14. The largest absolute Gasteiger partial charge is 0.393 e. The standard InChI is InChI=1S/C9H16N2OS/c10-8(13)5-9(12)11-6-7-3-1-2-4-7/h7H,1-6H2,(H2,10,13)(H,11,12). The molecule has 4 heteroatoms. The highest BCUT2D eigenvalue weighted by Gasteiger charge is 2.15. The van der Waals surface area contributed by atoms with E-state index in [-0.39, 0.29) is 17.3 Å². The summed E-state index contributed by atoms with van der Waals surface area (Å²) in [6, 6.07) is 0. The first-order valence-electron chi connectivity index (χ1n) is 4.73. The van der Waals surface area contributed by atoms with Gasteiger partial charge in [0.1, 0.15) is 0 Å². The van der Waals surface area contributed by atoms with E-state index in [2.05, 4.69) is 17.5 Å². The molecule has 74 valence electrons. The van der Waals surface area contributed by atoms with Gasteiger partial charge in [-0.2, -0.15) is 0 Å². The topological polar surface area (TPSA) is 55.1 Å². The average molecular weight is 200 g/mol. The number of rotatable bonds is 4. The van der Waals surface area contributed by atoms with Gasteiger partial charge in [0.2, 0.25) is 5.91 Å². The molecule has 0 bridgehead atoms. The lowest BCUT2D eigenvalue weighted by Crippen LogP contribution is -2.31. The quantitative estimate of drug-likeness (QED) is 0.665. The normalized spacial score (nSPS) is 17.2. The molecule has 0 radical (unpaired) electrons. The number of hydrogen-bond donors (Lipinski definition) is 2. The van der Waals surface area contributed by atoms with Crippen molar-refractivity contribution < 1.29 is 4.79 Å².